The Morgan fingerprint density at radius 2 is 1.72 bits per heavy atom. The van der Waals surface area contributed by atoms with Gasteiger partial charge in [0.15, 0.2) is 0 Å². The number of nitrogens with zero attached hydrogens (tertiary/aromatic N) is 3. The molecule has 0 unspecified atom stereocenters. The summed E-state index contributed by atoms with van der Waals surface area (Å²) < 4.78 is 7.12. The molecule has 4 heterocycles. The summed E-state index contributed by atoms with van der Waals surface area (Å²) in [4.78, 5) is 48.8. The molecule has 0 saturated carbocycles. The van der Waals surface area contributed by atoms with Crippen LogP contribution in [0.2, 0.25) is 5.02 Å². The summed E-state index contributed by atoms with van der Waals surface area (Å²) in [6.07, 6.45) is 0. The summed E-state index contributed by atoms with van der Waals surface area (Å²) in [5.41, 5.74) is 0.859. The molecule has 2 fully saturated rings. The molecule has 1 aromatic heterocycles. The maximum atomic E-state index is 14.5. The molecule has 2 amide bonds. The molecule has 39 heavy (non-hydrogen) atoms. The zero-order valence-electron chi connectivity index (χ0n) is 21.5. The number of nitrogens with one attached hydrogen (secondary N) is 1. The fourth-order valence-corrected chi connectivity index (χ4v) is 6.97. The van der Waals surface area contributed by atoms with E-state index in [0.717, 1.165) is 5.56 Å². The monoisotopic (exact) mass is 540 g/mol. The molecule has 1 N–H and O–H groups in total. The first kappa shape index (κ1) is 24.1. The van der Waals surface area contributed by atoms with Crippen LogP contribution in [0.25, 0.3) is 16.6 Å². The molecule has 3 aromatic carbocycles. The fraction of sp³-hybridized carbons (Fsp3) is 0.267. The first-order chi connectivity index (χ1) is 18.8. The Morgan fingerprint density at radius 1 is 0.974 bits per heavy atom. The van der Waals surface area contributed by atoms with Crippen molar-refractivity contribution >= 4 is 40.0 Å². The third kappa shape index (κ3) is 2.98. The molecule has 8 nitrogen and oxygen atoms in total. The number of amides is 2. The van der Waals surface area contributed by atoms with Gasteiger partial charge in [0.1, 0.15) is 17.1 Å². The van der Waals surface area contributed by atoms with Gasteiger partial charge in [-0.15, -0.1) is 0 Å². The highest BCUT2D eigenvalue weighted by molar-refractivity contribution is 6.31. The molecule has 196 valence electrons. The second-order valence-electron chi connectivity index (χ2n) is 10.7. The second kappa shape index (κ2) is 8.24. The van der Waals surface area contributed by atoms with E-state index in [-0.39, 0.29) is 29.3 Å². The Kier molecular flexibility index (Phi) is 5.09. The van der Waals surface area contributed by atoms with Gasteiger partial charge in [-0.2, -0.15) is 0 Å². The number of aromatic nitrogens is 2. The minimum absolute atomic E-state index is 0.00298. The van der Waals surface area contributed by atoms with Crippen LogP contribution < -0.4 is 20.5 Å². The SMILES string of the molecule is COc1ccc(Cl)cc1N1C(=O)[C@H]2[C@H](C(C)C)N[C@@]3(c4ccccc4-n4c3nc3ccccc3c4=O)[C@H]2C1=O. The summed E-state index contributed by atoms with van der Waals surface area (Å²) in [6.45, 7) is 4.05. The lowest BCUT2D eigenvalue weighted by atomic mass is 9.75. The van der Waals surface area contributed by atoms with Crippen molar-refractivity contribution in [3.63, 3.8) is 0 Å². The molecule has 0 bridgehead atoms. The minimum atomic E-state index is -1.19. The zero-order chi connectivity index (χ0) is 27.2. The molecule has 3 aliphatic heterocycles. The Balaban J connectivity index is 1.53. The van der Waals surface area contributed by atoms with Crippen molar-refractivity contribution < 1.29 is 14.3 Å². The molecular formula is C30H25ClN4O4. The van der Waals surface area contributed by atoms with Crippen LogP contribution in [-0.4, -0.2) is 34.5 Å². The first-order valence-electron chi connectivity index (χ1n) is 12.9. The normalized spacial score (nSPS) is 25.1. The van der Waals surface area contributed by atoms with Crippen LogP contribution in [0.1, 0.15) is 25.2 Å². The number of methoxy groups -OCH3 is 1. The molecule has 3 aliphatic rings. The predicted molar refractivity (Wildman–Crippen MR) is 147 cm³/mol. The van der Waals surface area contributed by atoms with Gasteiger partial charge < -0.3 is 4.74 Å². The maximum absolute atomic E-state index is 14.5. The molecule has 4 atom stereocenters. The van der Waals surface area contributed by atoms with E-state index in [1.54, 1.807) is 34.9 Å². The van der Waals surface area contributed by atoms with Crippen LogP contribution in [0, 0.1) is 17.8 Å². The number of carbonyl (C=O) groups excluding carboxylic acids is 2. The molecule has 9 heteroatoms. The van der Waals surface area contributed by atoms with E-state index < -0.39 is 17.4 Å². The zero-order valence-corrected chi connectivity index (χ0v) is 22.3. The quantitative estimate of drug-likeness (QED) is 0.394. The number of benzene rings is 3. The lowest BCUT2D eigenvalue weighted by Gasteiger charge is -2.32. The maximum Gasteiger partial charge on any atom is 0.266 e. The van der Waals surface area contributed by atoms with Crippen molar-refractivity contribution in [3.05, 3.63) is 93.5 Å². The molecular weight excluding hydrogens is 516 g/mol. The van der Waals surface area contributed by atoms with Crippen molar-refractivity contribution in [1.29, 1.82) is 0 Å². The molecule has 0 aliphatic carbocycles. The van der Waals surface area contributed by atoms with Gasteiger partial charge in [0, 0.05) is 16.6 Å². The van der Waals surface area contributed by atoms with Crippen molar-refractivity contribution in [1.82, 2.24) is 14.9 Å². The molecule has 2 saturated heterocycles. The first-order valence-corrected chi connectivity index (χ1v) is 13.3. The van der Waals surface area contributed by atoms with E-state index in [4.69, 9.17) is 21.3 Å². The smallest absolute Gasteiger partial charge is 0.266 e. The Morgan fingerprint density at radius 3 is 2.49 bits per heavy atom. The van der Waals surface area contributed by atoms with E-state index >= 15 is 0 Å². The molecule has 7 rings (SSSR count). The van der Waals surface area contributed by atoms with Crippen molar-refractivity contribution in [2.24, 2.45) is 17.8 Å². The van der Waals surface area contributed by atoms with Gasteiger partial charge in [0.25, 0.3) is 5.56 Å². The summed E-state index contributed by atoms with van der Waals surface area (Å²) in [7, 11) is 1.49. The number of para-hydroxylation sites is 2. The van der Waals surface area contributed by atoms with Gasteiger partial charge in [-0.25, -0.2) is 9.88 Å². The molecule has 4 aromatic rings. The molecule has 0 radical (unpaired) electrons. The van der Waals surface area contributed by atoms with Gasteiger partial charge in [0.2, 0.25) is 11.8 Å². The number of hydrogen-bond donors (Lipinski definition) is 1. The van der Waals surface area contributed by atoms with E-state index in [2.05, 4.69) is 5.32 Å². The number of hydrogen-bond acceptors (Lipinski definition) is 6. The third-order valence-electron chi connectivity index (χ3n) is 8.40. The van der Waals surface area contributed by atoms with E-state index in [1.807, 2.05) is 50.2 Å². The largest absolute Gasteiger partial charge is 0.495 e. The van der Waals surface area contributed by atoms with E-state index in [9.17, 15) is 14.4 Å². The van der Waals surface area contributed by atoms with Gasteiger partial charge in [-0.3, -0.25) is 24.3 Å². The third-order valence-corrected chi connectivity index (χ3v) is 8.63. The fourth-order valence-electron chi connectivity index (χ4n) is 6.80. The number of fused-ring (bicyclic) bond motifs is 8. The van der Waals surface area contributed by atoms with Crippen LogP contribution in [0.5, 0.6) is 5.75 Å². The minimum Gasteiger partial charge on any atom is -0.495 e. The Bertz CT molecular complexity index is 1780. The highest BCUT2D eigenvalue weighted by Gasteiger charge is 2.70. The standard InChI is InChI=1S/C30H25ClN4O4/c1-15(2)25-23-24(28(38)34(27(23)37)21-14-16(31)12-13-22(21)39-3)30(33-25)18-9-5-7-11-20(18)35-26(36)17-8-4-6-10-19(17)32-29(30)35/h4-15,23-25,33H,1-3H3/t23-,24-,25+,30+/m1/s1. The van der Waals surface area contributed by atoms with Gasteiger partial charge in [-0.1, -0.05) is 55.8 Å². The summed E-state index contributed by atoms with van der Waals surface area (Å²) in [5.74, 6) is -1.45. The number of imide groups is 1. The van der Waals surface area contributed by atoms with Crippen LogP contribution >= 0.6 is 11.6 Å². The number of ether oxygens (including phenoxy) is 1. The topological polar surface area (TPSA) is 93.5 Å². The Hall–Kier alpha value is -4.01. The number of rotatable bonds is 3. The van der Waals surface area contributed by atoms with Crippen LogP contribution in [0.3, 0.4) is 0 Å². The van der Waals surface area contributed by atoms with E-state index in [1.165, 1.54) is 12.0 Å². The van der Waals surface area contributed by atoms with Gasteiger partial charge in [-0.05, 0) is 42.3 Å². The average molecular weight is 541 g/mol. The lowest BCUT2D eigenvalue weighted by Crippen LogP contribution is -2.51. The van der Waals surface area contributed by atoms with Crippen LogP contribution in [0.15, 0.2) is 71.5 Å². The van der Waals surface area contributed by atoms with Crippen LogP contribution in [0.4, 0.5) is 5.69 Å². The van der Waals surface area contributed by atoms with Crippen molar-refractivity contribution in [2.75, 3.05) is 12.0 Å². The highest BCUT2D eigenvalue weighted by atomic mass is 35.5. The highest BCUT2D eigenvalue weighted by Crippen LogP contribution is 2.57. The lowest BCUT2D eigenvalue weighted by molar-refractivity contribution is -0.123. The van der Waals surface area contributed by atoms with Crippen molar-refractivity contribution in [3.8, 4) is 11.4 Å². The summed E-state index contributed by atoms with van der Waals surface area (Å²) in [6, 6.07) is 19.2. The van der Waals surface area contributed by atoms with Gasteiger partial charge >= 0.3 is 0 Å². The number of carbonyl (C=O) groups is 2. The number of halogens is 1. The Labute approximate surface area is 229 Å². The summed E-state index contributed by atoms with van der Waals surface area (Å²) >= 11 is 6.31. The van der Waals surface area contributed by atoms with Crippen molar-refractivity contribution in [2.45, 2.75) is 25.4 Å². The summed E-state index contributed by atoms with van der Waals surface area (Å²) in [5, 5.41) is 4.57. The van der Waals surface area contributed by atoms with Gasteiger partial charge in [0.05, 0.1) is 41.2 Å². The average Bonchev–Trinajstić information content (AvgIpc) is 3.52. The second-order valence-corrected chi connectivity index (χ2v) is 11.1. The molecule has 1 spiro atoms. The van der Waals surface area contributed by atoms with E-state index in [0.29, 0.717) is 38.9 Å². The number of anilines is 1. The predicted octanol–water partition coefficient (Wildman–Crippen LogP) is 4.04. The van der Waals surface area contributed by atoms with Crippen LogP contribution in [-0.2, 0) is 15.1 Å².